The van der Waals surface area contributed by atoms with Crippen molar-refractivity contribution < 1.29 is 14.3 Å². The third-order valence-corrected chi connectivity index (χ3v) is 4.11. The SMILES string of the molecule is CCOc1c(Cl)cc(C(=O)N2CCCCC2C)cc1OC. The van der Waals surface area contributed by atoms with Crippen LogP contribution in [0.4, 0.5) is 0 Å². The maximum absolute atomic E-state index is 12.7. The lowest BCUT2D eigenvalue weighted by Gasteiger charge is -2.33. The zero-order chi connectivity index (χ0) is 15.4. The van der Waals surface area contributed by atoms with Crippen LogP contribution in [0.2, 0.25) is 5.02 Å². The average molecular weight is 312 g/mol. The molecular weight excluding hydrogens is 290 g/mol. The molecule has 1 atom stereocenters. The number of likely N-dealkylation sites (tertiary alicyclic amines) is 1. The standard InChI is InChI=1S/C16H22ClNO3/c1-4-21-15-13(17)9-12(10-14(15)20-3)16(19)18-8-6-5-7-11(18)2/h9-11H,4-8H2,1-3H3. The van der Waals surface area contributed by atoms with E-state index in [2.05, 4.69) is 6.92 Å². The highest BCUT2D eigenvalue weighted by molar-refractivity contribution is 6.32. The molecule has 4 nitrogen and oxygen atoms in total. The number of carbonyl (C=O) groups excluding carboxylic acids is 1. The van der Waals surface area contributed by atoms with E-state index in [9.17, 15) is 4.79 Å². The van der Waals surface area contributed by atoms with E-state index >= 15 is 0 Å². The van der Waals surface area contributed by atoms with Gasteiger partial charge in [0.2, 0.25) is 0 Å². The number of benzene rings is 1. The average Bonchev–Trinajstić information content (AvgIpc) is 2.49. The van der Waals surface area contributed by atoms with Gasteiger partial charge in [-0.25, -0.2) is 0 Å². The van der Waals surface area contributed by atoms with Crippen LogP contribution < -0.4 is 9.47 Å². The number of carbonyl (C=O) groups is 1. The number of halogens is 1. The maximum atomic E-state index is 12.7. The smallest absolute Gasteiger partial charge is 0.254 e. The number of amides is 1. The van der Waals surface area contributed by atoms with E-state index in [1.807, 2.05) is 11.8 Å². The fraction of sp³-hybridized carbons (Fsp3) is 0.562. The first-order chi connectivity index (χ1) is 10.1. The van der Waals surface area contributed by atoms with Crippen molar-refractivity contribution in [1.29, 1.82) is 0 Å². The second-order valence-corrected chi connectivity index (χ2v) is 5.67. The molecule has 0 saturated carbocycles. The van der Waals surface area contributed by atoms with Gasteiger partial charge in [0.25, 0.3) is 5.91 Å². The molecule has 116 valence electrons. The minimum Gasteiger partial charge on any atom is -0.493 e. The van der Waals surface area contributed by atoms with Crippen LogP contribution >= 0.6 is 11.6 Å². The van der Waals surface area contributed by atoms with Crippen molar-refractivity contribution in [2.24, 2.45) is 0 Å². The molecule has 2 rings (SSSR count). The lowest BCUT2D eigenvalue weighted by atomic mass is 10.0. The van der Waals surface area contributed by atoms with Gasteiger partial charge in [-0.1, -0.05) is 11.6 Å². The monoisotopic (exact) mass is 311 g/mol. The summed E-state index contributed by atoms with van der Waals surface area (Å²) in [5.41, 5.74) is 0.550. The van der Waals surface area contributed by atoms with Gasteiger partial charge in [-0.05, 0) is 45.2 Å². The molecule has 0 bridgehead atoms. The number of ether oxygens (including phenoxy) is 2. The summed E-state index contributed by atoms with van der Waals surface area (Å²) in [6.45, 7) is 5.26. The van der Waals surface area contributed by atoms with Gasteiger partial charge in [-0.2, -0.15) is 0 Å². The molecule has 1 aliphatic rings. The highest BCUT2D eigenvalue weighted by Crippen LogP contribution is 2.37. The summed E-state index contributed by atoms with van der Waals surface area (Å²) in [5, 5.41) is 0.407. The van der Waals surface area contributed by atoms with E-state index in [1.165, 1.54) is 6.42 Å². The van der Waals surface area contributed by atoms with Crippen LogP contribution in [0.1, 0.15) is 43.5 Å². The quantitative estimate of drug-likeness (QED) is 0.850. The number of hydrogen-bond donors (Lipinski definition) is 0. The molecule has 1 heterocycles. The van der Waals surface area contributed by atoms with E-state index in [-0.39, 0.29) is 11.9 Å². The third-order valence-electron chi connectivity index (χ3n) is 3.83. The molecule has 0 N–H and O–H groups in total. The first kappa shape index (κ1) is 16.0. The topological polar surface area (TPSA) is 38.8 Å². The molecule has 21 heavy (non-hydrogen) atoms. The van der Waals surface area contributed by atoms with E-state index in [0.29, 0.717) is 28.7 Å². The van der Waals surface area contributed by atoms with Crippen molar-refractivity contribution in [2.45, 2.75) is 39.2 Å². The minimum atomic E-state index is 0.00504. The van der Waals surface area contributed by atoms with Gasteiger partial charge in [0.15, 0.2) is 11.5 Å². The van der Waals surface area contributed by atoms with Crippen molar-refractivity contribution in [3.8, 4) is 11.5 Å². The van der Waals surface area contributed by atoms with Gasteiger partial charge in [-0.3, -0.25) is 4.79 Å². The Balaban J connectivity index is 2.31. The molecule has 0 radical (unpaired) electrons. The molecule has 1 amide bonds. The molecule has 5 heteroatoms. The highest BCUT2D eigenvalue weighted by atomic mass is 35.5. The van der Waals surface area contributed by atoms with Crippen molar-refractivity contribution in [3.05, 3.63) is 22.7 Å². The third kappa shape index (κ3) is 3.43. The van der Waals surface area contributed by atoms with Crippen molar-refractivity contribution in [2.75, 3.05) is 20.3 Å². The van der Waals surface area contributed by atoms with Crippen molar-refractivity contribution in [3.63, 3.8) is 0 Å². The van der Waals surface area contributed by atoms with Crippen molar-refractivity contribution >= 4 is 17.5 Å². The van der Waals surface area contributed by atoms with Gasteiger partial charge in [-0.15, -0.1) is 0 Å². The van der Waals surface area contributed by atoms with Crippen LogP contribution in [-0.2, 0) is 0 Å². The summed E-state index contributed by atoms with van der Waals surface area (Å²) < 4.78 is 10.8. The maximum Gasteiger partial charge on any atom is 0.254 e. The molecular formula is C16H22ClNO3. The molecule has 1 aromatic carbocycles. The lowest BCUT2D eigenvalue weighted by molar-refractivity contribution is 0.0635. The second-order valence-electron chi connectivity index (χ2n) is 5.27. The molecule has 0 spiro atoms. The lowest BCUT2D eigenvalue weighted by Crippen LogP contribution is -2.42. The zero-order valence-corrected chi connectivity index (χ0v) is 13.6. The van der Waals surface area contributed by atoms with Gasteiger partial charge >= 0.3 is 0 Å². The van der Waals surface area contributed by atoms with Crippen LogP contribution in [-0.4, -0.2) is 37.1 Å². The number of rotatable bonds is 4. The molecule has 1 fully saturated rings. The minimum absolute atomic E-state index is 0.00504. The Morgan fingerprint density at radius 3 is 2.81 bits per heavy atom. The summed E-state index contributed by atoms with van der Waals surface area (Å²) in [6.07, 6.45) is 3.28. The first-order valence-electron chi connectivity index (χ1n) is 7.39. The number of piperidine rings is 1. The van der Waals surface area contributed by atoms with Gasteiger partial charge in [0.05, 0.1) is 18.7 Å². The second kappa shape index (κ2) is 7.03. The predicted octanol–water partition coefficient (Wildman–Crippen LogP) is 3.76. The Labute approximate surface area is 131 Å². The highest BCUT2D eigenvalue weighted by Gasteiger charge is 2.25. The zero-order valence-electron chi connectivity index (χ0n) is 12.8. The van der Waals surface area contributed by atoms with Gasteiger partial charge < -0.3 is 14.4 Å². The number of nitrogens with zero attached hydrogens (tertiary/aromatic N) is 1. The Bertz CT molecular complexity index is 518. The van der Waals surface area contributed by atoms with Crippen LogP contribution in [0.3, 0.4) is 0 Å². The Hall–Kier alpha value is -1.42. The molecule has 1 saturated heterocycles. The summed E-state index contributed by atoms with van der Waals surface area (Å²) in [5.74, 6) is 0.993. The van der Waals surface area contributed by atoms with Gasteiger partial charge in [0.1, 0.15) is 0 Å². The number of hydrogen-bond acceptors (Lipinski definition) is 3. The van der Waals surface area contributed by atoms with E-state index in [0.717, 1.165) is 19.4 Å². The van der Waals surface area contributed by atoms with Crippen LogP contribution in [0.5, 0.6) is 11.5 Å². The summed E-state index contributed by atoms with van der Waals surface area (Å²) in [4.78, 5) is 14.6. The molecule has 0 aromatic heterocycles. The molecule has 1 aliphatic heterocycles. The van der Waals surface area contributed by atoms with E-state index in [1.54, 1.807) is 19.2 Å². The first-order valence-corrected chi connectivity index (χ1v) is 7.77. The summed E-state index contributed by atoms with van der Waals surface area (Å²) in [7, 11) is 1.55. The normalized spacial score (nSPS) is 18.5. The fourth-order valence-electron chi connectivity index (χ4n) is 2.69. The van der Waals surface area contributed by atoms with Crippen molar-refractivity contribution in [1.82, 2.24) is 4.90 Å². The van der Waals surface area contributed by atoms with Crippen LogP contribution in [0, 0.1) is 0 Å². The Kier molecular flexibility index (Phi) is 5.34. The van der Waals surface area contributed by atoms with Gasteiger partial charge in [0, 0.05) is 18.2 Å². The van der Waals surface area contributed by atoms with Crippen LogP contribution in [0.25, 0.3) is 0 Å². The van der Waals surface area contributed by atoms with E-state index < -0.39 is 0 Å². The Morgan fingerprint density at radius 1 is 1.43 bits per heavy atom. The van der Waals surface area contributed by atoms with Crippen LogP contribution in [0.15, 0.2) is 12.1 Å². The summed E-state index contributed by atoms with van der Waals surface area (Å²) >= 11 is 6.24. The number of methoxy groups -OCH3 is 1. The molecule has 1 aromatic rings. The predicted molar refractivity (Wildman–Crippen MR) is 83.5 cm³/mol. The fourth-order valence-corrected chi connectivity index (χ4v) is 2.96. The molecule has 0 aliphatic carbocycles. The molecule has 1 unspecified atom stereocenters. The summed E-state index contributed by atoms with van der Waals surface area (Å²) in [6, 6.07) is 3.64. The largest absolute Gasteiger partial charge is 0.493 e. The van der Waals surface area contributed by atoms with E-state index in [4.69, 9.17) is 21.1 Å². The Morgan fingerprint density at radius 2 is 2.19 bits per heavy atom.